The van der Waals surface area contributed by atoms with Crippen molar-refractivity contribution in [2.75, 3.05) is 12.0 Å². The molecule has 166 valence electrons. The van der Waals surface area contributed by atoms with E-state index in [4.69, 9.17) is 9.15 Å². The second kappa shape index (κ2) is 7.90. The lowest BCUT2D eigenvalue weighted by Gasteiger charge is -2.20. The van der Waals surface area contributed by atoms with Crippen LogP contribution in [0.4, 0.5) is 5.13 Å². The number of methoxy groups -OCH3 is 1. The number of aryl methyl sites for hydroxylation is 2. The maximum Gasteiger partial charge on any atom is 0.302 e. The minimum atomic E-state index is -0.942. The number of benzene rings is 2. The molecule has 33 heavy (non-hydrogen) atoms. The quantitative estimate of drug-likeness (QED) is 0.257. The number of amides is 1. The summed E-state index contributed by atoms with van der Waals surface area (Å²) < 4.78 is 11.9. The molecule has 0 saturated carbocycles. The van der Waals surface area contributed by atoms with E-state index in [9.17, 15) is 14.7 Å². The number of carbonyl (C=O) groups is 2. The minimum absolute atomic E-state index is 0.0463. The Bertz CT molecular complexity index is 1430. The molecule has 4 aromatic rings. The zero-order chi connectivity index (χ0) is 23.3. The van der Waals surface area contributed by atoms with Gasteiger partial charge in [0.2, 0.25) is 0 Å². The van der Waals surface area contributed by atoms with Gasteiger partial charge in [0, 0.05) is 5.56 Å². The smallest absolute Gasteiger partial charge is 0.302 e. The van der Waals surface area contributed by atoms with Gasteiger partial charge in [-0.15, -0.1) is 0 Å². The molecule has 2 aromatic heterocycles. The highest BCUT2D eigenvalue weighted by molar-refractivity contribution is 7.22. The van der Waals surface area contributed by atoms with E-state index < -0.39 is 17.7 Å². The van der Waals surface area contributed by atoms with Gasteiger partial charge in [0.25, 0.3) is 5.78 Å². The molecular weight excluding hydrogens is 440 g/mol. The fraction of sp³-hybridized carbons (Fsp3) is 0.160. The van der Waals surface area contributed by atoms with E-state index >= 15 is 0 Å². The summed E-state index contributed by atoms with van der Waals surface area (Å²) in [6.45, 7) is 3.76. The fourth-order valence-electron chi connectivity index (χ4n) is 3.93. The van der Waals surface area contributed by atoms with Crippen LogP contribution in [-0.2, 0) is 9.59 Å². The van der Waals surface area contributed by atoms with Crippen molar-refractivity contribution in [3.05, 3.63) is 82.8 Å². The topological polar surface area (TPSA) is 92.9 Å². The first-order valence-electron chi connectivity index (χ1n) is 10.3. The van der Waals surface area contributed by atoms with Crippen molar-refractivity contribution in [2.45, 2.75) is 19.9 Å². The molecule has 1 unspecified atom stereocenters. The van der Waals surface area contributed by atoms with Crippen LogP contribution in [0.1, 0.15) is 28.7 Å². The number of hydrogen-bond donors (Lipinski definition) is 1. The Morgan fingerprint density at radius 2 is 1.85 bits per heavy atom. The van der Waals surface area contributed by atoms with E-state index in [0.29, 0.717) is 28.0 Å². The Kier molecular flexibility index (Phi) is 5.02. The third-order valence-corrected chi connectivity index (χ3v) is 6.59. The Morgan fingerprint density at radius 3 is 2.52 bits per heavy atom. The molecule has 1 aliphatic rings. The van der Waals surface area contributed by atoms with Crippen LogP contribution >= 0.6 is 11.3 Å². The van der Waals surface area contributed by atoms with Crippen molar-refractivity contribution in [1.29, 1.82) is 0 Å². The molecule has 2 aromatic carbocycles. The number of nitrogens with zero attached hydrogens (tertiary/aromatic N) is 2. The molecule has 1 aliphatic heterocycles. The molecule has 1 saturated heterocycles. The highest BCUT2D eigenvalue weighted by Crippen LogP contribution is 2.44. The molecule has 8 heteroatoms. The Balaban J connectivity index is 1.70. The van der Waals surface area contributed by atoms with E-state index in [2.05, 4.69) is 4.98 Å². The molecule has 3 heterocycles. The van der Waals surface area contributed by atoms with Crippen molar-refractivity contribution < 1.29 is 23.8 Å². The van der Waals surface area contributed by atoms with Gasteiger partial charge in [-0.05, 0) is 67.9 Å². The van der Waals surface area contributed by atoms with E-state index in [0.717, 1.165) is 15.8 Å². The number of thiazole rings is 1. The molecule has 7 nitrogen and oxygen atoms in total. The summed E-state index contributed by atoms with van der Waals surface area (Å²) in [7, 11) is 1.54. The average Bonchev–Trinajstić information content (AvgIpc) is 3.49. The van der Waals surface area contributed by atoms with E-state index in [-0.39, 0.29) is 11.3 Å². The van der Waals surface area contributed by atoms with Crippen molar-refractivity contribution in [2.24, 2.45) is 0 Å². The first-order valence-corrected chi connectivity index (χ1v) is 11.1. The number of hydrogen-bond acceptors (Lipinski definition) is 7. The SMILES string of the molecule is COc1ccc(/C(O)=C2\C(=O)C(=O)N(c3nc4ccc(C)cc4s3)C2c2ccc(C)o2)cc1. The molecule has 1 atom stereocenters. The number of aliphatic hydroxyl groups is 1. The highest BCUT2D eigenvalue weighted by Gasteiger charge is 2.49. The normalized spacial score (nSPS) is 17.8. The maximum atomic E-state index is 13.2. The van der Waals surface area contributed by atoms with Gasteiger partial charge < -0.3 is 14.3 Å². The first kappa shape index (κ1) is 21.0. The number of carbonyl (C=O) groups excluding carboxylic acids is 2. The van der Waals surface area contributed by atoms with E-state index in [1.54, 1.807) is 50.4 Å². The van der Waals surface area contributed by atoms with Crippen LogP contribution < -0.4 is 9.64 Å². The van der Waals surface area contributed by atoms with Crippen LogP contribution in [0.2, 0.25) is 0 Å². The number of Topliss-reactive ketones (excluding diaryl/α,β-unsaturated/α-hetero) is 1. The Morgan fingerprint density at radius 1 is 1.09 bits per heavy atom. The predicted molar refractivity (Wildman–Crippen MR) is 126 cm³/mol. The zero-order valence-corrected chi connectivity index (χ0v) is 19.0. The number of fused-ring (bicyclic) bond motifs is 1. The zero-order valence-electron chi connectivity index (χ0n) is 18.2. The second-order valence-electron chi connectivity index (χ2n) is 7.81. The number of rotatable bonds is 4. The summed E-state index contributed by atoms with van der Waals surface area (Å²) in [5, 5.41) is 11.5. The molecular formula is C25H20N2O5S. The van der Waals surface area contributed by atoms with Crippen LogP contribution in [0.15, 0.2) is 64.6 Å². The first-order chi connectivity index (χ1) is 15.9. The van der Waals surface area contributed by atoms with Crippen molar-refractivity contribution in [3.8, 4) is 5.75 Å². The lowest BCUT2D eigenvalue weighted by Crippen LogP contribution is -2.29. The number of aromatic nitrogens is 1. The van der Waals surface area contributed by atoms with Gasteiger partial charge in [-0.3, -0.25) is 14.5 Å². The molecule has 1 amide bonds. The van der Waals surface area contributed by atoms with Gasteiger partial charge in [0.15, 0.2) is 5.13 Å². The molecule has 0 spiro atoms. The highest BCUT2D eigenvalue weighted by atomic mass is 32.1. The fourth-order valence-corrected chi connectivity index (χ4v) is 5.02. The number of aliphatic hydroxyl groups excluding tert-OH is 1. The van der Waals surface area contributed by atoms with Crippen LogP contribution in [0.25, 0.3) is 16.0 Å². The summed E-state index contributed by atoms with van der Waals surface area (Å²) in [5.74, 6) is -0.237. The van der Waals surface area contributed by atoms with Gasteiger partial charge in [0.05, 0.1) is 22.9 Å². The minimum Gasteiger partial charge on any atom is -0.507 e. The molecule has 0 aliphatic carbocycles. The maximum absolute atomic E-state index is 13.2. The van der Waals surface area contributed by atoms with E-state index in [1.807, 2.05) is 25.1 Å². The van der Waals surface area contributed by atoms with E-state index in [1.165, 1.54) is 16.2 Å². The number of furan rings is 1. The average molecular weight is 461 g/mol. The summed E-state index contributed by atoms with van der Waals surface area (Å²) in [6.07, 6.45) is 0. The summed E-state index contributed by atoms with van der Waals surface area (Å²) in [4.78, 5) is 32.3. The lowest BCUT2D eigenvalue weighted by molar-refractivity contribution is -0.132. The summed E-state index contributed by atoms with van der Waals surface area (Å²) in [6, 6.07) is 14.9. The van der Waals surface area contributed by atoms with Gasteiger partial charge in [-0.1, -0.05) is 17.4 Å². The third-order valence-electron chi connectivity index (χ3n) is 5.58. The molecule has 0 radical (unpaired) electrons. The van der Waals surface area contributed by atoms with Crippen molar-refractivity contribution in [3.63, 3.8) is 0 Å². The Labute approximate surface area is 193 Å². The predicted octanol–water partition coefficient (Wildman–Crippen LogP) is 5.14. The van der Waals surface area contributed by atoms with Crippen molar-refractivity contribution in [1.82, 2.24) is 4.98 Å². The number of ketones is 1. The largest absolute Gasteiger partial charge is 0.507 e. The molecule has 0 bridgehead atoms. The van der Waals surface area contributed by atoms with Gasteiger partial charge in [0.1, 0.15) is 29.1 Å². The molecule has 1 N–H and O–H groups in total. The van der Waals surface area contributed by atoms with Crippen LogP contribution in [0.3, 0.4) is 0 Å². The Hall–Kier alpha value is -3.91. The number of anilines is 1. The molecule has 5 rings (SSSR count). The van der Waals surface area contributed by atoms with Crippen LogP contribution in [0.5, 0.6) is 5.75 Å². The second-order valence-corrected chi connectivity index (χ2v) is 8.82. The molecule has 1 fully saturated rings. The number of ether oxygens (including phenoxy) is 1. The van der Waals surface area contributed by atoms with Crippen molar-refractivity contribution >= 4 is 44.1 Å². The van der Waals surface area contributed by atoms with Gasteiger partial charge >= 0.3 is 5.91 Å². The van der Waals surface area contributed by atoms with Gasteiger partial charge in [-0.25, -0.2) is 4.98 Å². The lowest BCUT2D eigenvalue weighted by atomic mass is 9.99. The summed E-state index contributed by atoms with van der Waals surface area (Å²) in [5.41, 5.74) is 2.14. The monoisotopic (exact) mass is 460 g/mol. The third kappa shape index (κ3) is 3.48. The van der Waals surface area contributed by atoms with Crippen LogP contribution in [0, 0.1) is 13.8 Å². The summed E-state index contributed by atoms with van der Waals surface area (Å²) >= 11 is 1.31. The van der Waals surface area contributed by atoms with Crippen LogP contribution in [-0.4, -0.2) is 28.9 Å². The van der Waals surface area contributed by atoms with Gasteiger partial charge in [-0.2, -0.15) is 0 Å². The standard InChI is InChI=1S/C25H20N2O5S/c1-13-4-10-17-19(12-13)33-25(26-17)27-21(18-11-5-14(2)32-18)20(23(29)24(27)30)22(28)15-6-8-16(31-3)9-7-15/h4-12,21,28H,1-3H3/b22-20+.